The topological polar surface area (TPSA) is 57.7 Å². The highest BCUT2D eigenvalue weighted by molar-refractivity contribution is 7.89. The molecule has 0 saturated carbocycles. The van der Waals surface area contributed by atoms with Crippen LogP contribution in [0, 0.1) is 23.6 Å². The highest BCUT2D eigenvalue weighted by Crippen LogP contribution is 2.28. The summed E-state index contributed by atoms with van der Waals surface area (Å²) in [5, 5.41) is 0. The highest BCUT2D eigenvalue weighted by Gasteiger charge is 2.35. The smallest absolute Gasteiger partial charge is 0.243 e. The van der Waals surface area contributed by atoms with E-state index in [0.717, 1.165) is 31.6 Å². The molecule has 1 amide bonds. The van der Waals surface area contributed by atoms with Crippen LogP contribution in [0.2, 0.25) is 0 Å². The summed E-state index contributed by atoms with van der Waals surface area (Å²) < 4.78 is 39.8. The molecule has 2 fully saturated rings. The lowest BCUT2D eigenvalue weighted by atomic mass is 9.89. The number of piperidine rings is 2. The Morgan fingerprint density at radius 1 is 1.04 bits per heavy atom. The Morgan fingerprint density at radius 2 is 1.58 bits per heavy atom. The number of likely N-dealkylation sites (tertiary alicyclic amines) is 1. The molecule has 2 heterocycles. The number of sulfonamides is 1. The Kier molecular flexibility index (Phi) is 5.67. The van der Waals surface area contributed by atoms with E-state index in [1.807, 2.05) is 4.90 Å². The minimum absolute atomic E-state index is 0.0994. The van der Waals surface area contributed by atoms with E-state index in [4.69, 9.17) is 0 Å². The lowest BCUT2D eigenvalue weighted by molar-refractivity contribution is -0.139. The molecule has 2 aliphatic heterocycles. The summed E-state index contributed by atoms with van der Waals surface area (Å²) in [5.74, 6) is 0.635. The molecular formula is C19H27FN2O3S. The molecule has 7 heteroatoms. The number of nitrogens with zero attached hydrogens (tertiary/aromatic N) is 2. The summed E-state index contributed by atoms with van der Waals surface area (Å²) >= 11 is 0. The van der Waals surface area contributed by atoms with Gasteiger partial charge in [-0.15, -0.1) is 0 Å². The second-order valence-corrected chi connectivity index (χ2v) is 9.76. The van der Waals surface area contributed by atoms with Crippen molar-refractivity contribution in [2.45, 2.75) is 38.0 Å². The van der Waals surface area contributed by atoms with Gasteiger partial charge in [-0.3, -0.25) is 4.79 Å². The van der Waals surface area contributed by atoms with Crippen molar-refractivity contribution in [2.24, 2.45) is 17.8 Å². The zero-order valence-corrected chi connectivity index (χ0v) is 16.2. The predicted molar refractivity (Wildman–Crippen MR) is 97.4 cm³/mol. The van der Waals surface area contributed by atoms with Gasteiger partial charge in [0.2, 0.25) is 15.9 Å². The number of carbonyl (C=O) groups is 1. The van der Waals surface area contributed by atoms with Crippen LogP contribution in [0.4, 0.5) is 4.39 Å². The number of hydrogen-bond acceptors (Lipinski definition) is 3. The van der Waals surface area contributed by atoms with E-state index >= 15 is 0 Å². The van der Waals surface area contributed by atoms with Gasteiger partial charge in [-0.05, 0) is 55.4 Å². The molecular weight excluding hydrogens is 355 g/mol. The summed E-state index contributed by atoms with van der Waals surface area (Å²) in [5.41, 5.74) is 0. The number of carbonyl (C=O) groups excluding carboxylic acids is 1. The molecule has 2 saturated heterocycles. The Balaban J connectivity index is 1.62. The molecule has 0 aromatic heterocycles. The minimum atomic E-state index is -3.63. The van der Waals surface area contributed by atoms with Crippen molar-refractivity contribution in [1.29, 1.82) is 0 Å². The fourth-order valence-corrected chi connectivity index (χ4v) is 5.67. The Bertz CT molecular complexity index is 733. The van der Waals surface area contributed by atoms with Crippen molar-refractivity contribution >= 4 is 15.9 Å². The SMILES string of the molecule is CC1CC(C)CN(C(=O)C2CCN(S(=O)(=O)c3ccc(F)cc3)CC2)C1. The van der Waals surface area contributed by atoms with Crippen LogP contribution in [0.25, 0.3) is 0 Å². The average Bonchev–Trinajstić information content (AvgIpc) is 2.61. The first-order valence-electron chi connectivity index (χ1n) is 9.32. The highest BCUT2D eigenvalue weighted by atomic mass is 32.2. The van der Waals surface area contributed by atoms with Crippen LogP contribution in [0.1, 0.15) is 33.1 Å². The van der Waals surface area contributed by atoms with Gasteiger partial charge in [0, 0.05) is 32.1 Å². The Labute approximate surface area is 155 Å². The third-order valence-electron chi connectivity index (χ3n) is 5.44. The van der Waals surface area contributed by atoms with E-state index in [1.165, 1.54) is 16.4 Å². The molecule has 2 atom stereocenters. The van der Waals surface area contributed by atoms with Gasteiger partial charge < -0.3 is 4.90 Å². The molecule has 2 aliphatic rings. The molecule has 2 unspecified atom stereocenters. The molecule has 3 rings (SSSR count). The van der Waals surface area contributed by atoms with Crippen LogP contribution in [-0.2, 0) is 14.8 Å². The number of benzene rings is 1. The maximum atomic E-state index is 13.0. The number of halogens is 1. The zero-order valence-electron chi connectivity index (χ0n) is 15.4. The largest absolute Gasteiger partial charge is 0.342 e. The van der Waals surface area contributed by atoms with Gasteiger partial charge in [-0.2, -0.15) is 4.31 Å². The van der Waals surface area contributed by atoms with E-state index in [9.17, 15) is 17.6 Å². The third kappa shape index (κ3) is 4.09. The first kappa shape index (κ1) is 19.3. The first-order chi connectivity index (χ1) is 12.3. The van der Waals surface area contributed by atoms with E-state index < -0.39 is 15.8 Å². The molecule has 1 aromatic carbocycles. The van der Waals surface area contributed by atoms with Gasteiger partial charge in [0.05, 0.1) is 4.90 Å². The predicted octanol–water partition coefficient (Wildman–Crippen LogP) is 2.73. The number of rotatable bonds is 3. The fourth-order valence-electron chi connectivity index (χ4n) is 4.20. The average molecular weight is 383 g/mol. The van der Waals surface area contributed by atoms with Gasteiger partial charge in [0.15, 0.2) is 0 Å². The standard InChI is InChI=1S/C19H27FN2O3S/c1-14-11-15(2)13-21(12-14)19(23)16-7-9-22(10-8-16)26(24,25)18-5-3-17(20)4-6-18/h3-6,14-16H,7-13H2,1-2H3. The van der Waals surface area contributed by atoms with Crippen LogP contribution in [0.3, 0.4) is 0 Å². The van der Waals surface area contributed by atoms with Gasteiger partial charge >= 0.3 is 0 Å². The summed E-state index contributed by atoms with van der Waals surface area (Å²) in [6.45, 7) is 6.61. The quantitative estimate of drug-likeness (QED) is 0.808. The summed E-state index contributed by atoms with van der Waals surface area (Å²) in [7, 11) is -3.63. The summed E-state index contributed by atoms with van der Waals surface area (Å²) in [4.78, 5) is 14.9. The van der Waals surface area contributed by atoms with E-state index in [0.29, 0.717) is 37.8 Å². The lowest BCUT2D eigenvalue weighted by Crippen LogP contribution is -2.48. The van der Waals surface area contributed by atoms with Crippen molar-refractivity contribution in [3.8, 4) is 0 Å². The van der Waals surface area contributed by atoms with Crippen LogP contribution < -0.4 is 0 Å². The molecule has 5 nitrogen and oxygen atoms in total. The maximum Gasteiger partial charge on any atom is 0.243 e. The molecule has 0 radical (unpaired) electrons. The van der Waals surface area contributed by atoms with E-state index in [2.05, 4.69) is 13.8 Å². The second-order valence-electron chi connectivity index (χ2n) is 7.82. The first-order valence-corrected chi connectivity index (χ1v) is 10.8. The van der Waals surface area contributed by atoms with Gasteiger partial charge in [-0.1, -0.05) is 13.8 Å². The molecule has 0 bridgehead atoms. The molecule has 0 aliphatic carbocycles. The molecule has 0 spiro atoms. The molecule has 1 aromatic rings. The normalized spacial score (nSPS) is 26.0. The van der Waals surface area contributed by atoms with Gasteiger partial charge in [0.25, 0.3) is 0 Å². The fraction of sp³-hybridized carbons (Fsp3) is 0.632. The van der Waals surface area contributed by atoms with Gasteiger partial charge in [-0.25, -0.2) is 12.8 Å². The van der Waals surface area contributed by atoms with Crippen LogP contribution in [0.5, 0.6) is 0 Å². The maximum absolute atomic E-state index is 13.0. The zero-order chi connectivity index (χ0) is 18.9. The van der Waals surface area contributed by atoms with Crippen molar-refractivity contribution < 1.29 is 17.6 Å². The van der Waals surface area contributed by atoms with E-state index in [1.54, 1.807) is 0 Å². The van der Waals surface area contributed by atoms with Crippen LogP contribution in [0.15, 0.2) is 29.2 Å². The van der Waals surface area contributed by atoms with Crippen LogP contribution >= 0.6 is 0 Å². The van der Waals surface area contributed by atoms with Crippen molar-refractivity contribution in [1.82, 2.24) is 9.21 Å². The monoisotopic (exact) mass is 382 g/mol. The van der Waals surface area contributed by atoms with Crippen LogP contribution in [-0.4, -0.2) is 49.7 Å². The Hall–Kier alpha value is -1.47. The van der Waals surface area contributed by atoms with Crippen molar-refractivity contribution in [2.75, 3.05) is 26.2 Å². The summed E-state index contributed by atoms with van der Waals surface area (Å²) in [6.07, 6.45) is 2.23. The number of amides is 1. The van der Waals surface area contributed by atoms with Crippen molar-refractivity contribution in [3.05, 3.63) is 30.1 Å². The lowest BCUT2D eigenvalue weighted by Gasteiger charge is -2.39. The Morgan fingerprint density at radius 3 is 2.12 bits per heavy atom. The van der Waals surface area contributed by atoms with E-state index in [-0.39, 0.29) is 16.7 Å². The molecule has 144 valence electrons. The number of hydrogen-bond donors (Lipinski definition) is 0. The van der Waals surface area contributed by atoms with Gasteiger partial charge in [0.1, 0.15) is 5.82 Å². The minimum Gasteiger partial charge on any atom is -0.342 e. The molecule has 0 N–H and O–H groups in total. The summed E-state index contributed by atoms with van der Waals surface area (Å²) in [6, 6.07) is 4.89. The van der Waals surface area contributed by atoms with Crippen molar-refractivity contribution in [3.63, 3.8) is 0 Å². The third-order valence-corrected chi connectivity index (χ3v) is 7.35. The molecule has 26 heavy (non-hydrogen) atoms. The second kappa shape index (κ2) is 7.64.